The number of esters is 1. The van der Waals surface area contributed by atoms with E-state index in [1.54, 1.807) is 6.92 Å². The molecule has 2 aromatic carbocycles. The first-order chi connectivity index (χ1) is 12.4. The molecule has 0 saturated carbocycles. The van der Waals surface area contributed by atoms with Crippen LogP contribution < -0.4 is 9.47 Å². The molecule has 0 spiro atoms. The number of benzene rings is 2. The minimum atomic E-state index is -0.722. The Labute approximate surface area is 148 Å². The zero-order chi connectivity index (χ0) is 18.7. The maximum Gasteiger partial charge on any atom is 0.342 e. The molecule has 1 aliphatic carbocycles. The number of aromatic hydroxyl groups is 1. The number of hydrogen-bond donors (Lipinski definition) is 1. The van der Waals surface area contributed by atoms with Crippen molar-refractivity contribution in [3.8, 4) is 17.2 Å². The van der Waals surface area contributed by atoms with E-state index in [0.29, 0.717) is 11.3 Å². The number of fused-ring (bicyclic) bond motifs is 3. The summed E-state index contributed by atoms with van der Waals surface area (Å²) in [4.78, 5) is 38.1. The van der Waals surface area contributed by atoms with Crippen molar-refractivity contribution in [1.29, 1.82) is 0 Å². The van der Waals surface area contributed by atoms with Gasteiger partial charge in [0, 0.05) is 22.8 Å². The lowest BCUT2D eigenvalue weighted by atomic mass is 9.80. The summed E-state index contributed by atoms with van der Waals surface area (Å²) in [6, 6.07) is 4.38. The number of cyclic esters (lactones) is 1. The molecular weight excluding hydrogens is 340 g/mol. The summed E-state index contributed by atoms with van der Waals surface area (Å²) in [5.74, 6) is -1.80. The van der Waals surface area contributed by atoms with Crippen LogP contribution in [0.15, 0.2) is 18.2 Å². The third kappa shape index (κ3) is 1.91. The number of ketones is 2. The molecule has 0 bridgehead atoms. The van der Waals surface area contributed by atoms with Gasteiger partial charge in [-0.1, -0.05) is 0 Å². The Hall–Kier alpha value is -3.35. The molecule has 0 saturated heterocycles. The van der Waals surface area contributed by atoms with E-state index in [1.165, 1.54) is 32.4 Å². The van der Waals surface area contributed by atoms with Gasteiger partial charge in [0.15, 0.2) is 5.78 Å². The number of ether oxygens (including phenoxy) is 3. The molecule has 0 amide bonds. The van der Waals surface area contributed by atoms with E-state index < -0.39 is 29.4 Å². The highest BCUT2D eigenvalue weighted by atomic mass is 16.5. The van der Waals surface area contributed by atoms with Crippen LogP contribution in [0.3, 0.4) is 0 Å². The van der Waals surface area contributed by atoms with Crippen LogP contribution in [0.2, 0.25) is 0 Å². The number of carbonyl (C=O) groups excluding carboxylic acids is 3. The molecule has 26 heavy (non-hydrogen) atoms. The lowest BCUT2D eigenvalue weighted by molar-refractivity contribution is 0.0420. The molecule has 7 heteroatoms. The highest BCUT2D eigenvalue weighted by Gasteiger charge is 2.41. The summed E-state index contributed by atoms with van der Waals surface area (Å²) in [5.41, 5.74) is 0.269. The van der Waals surface area contributed by atoms with E-state index in [2.05, 4.69) is 0 Å². The van der Waals surface area contributed by atoms with Gasteiger partial charge in [-0.3, -0.25) is 9.59 Å². The molecule has 132 valence electrons. The van der Waals surface area contributed by atoms with Gasteiger partial charge in [-0.15, -0.1) is 0 Å². The molecule has 0 fully saturated rings. The SMILES string of the molecule is COc1cc(OC)c2c(c1)C(=O)c1cc3c(c(O)c1C2=O)C(=O)O[C@@H]3C. The molecule has 2 aliphatic rings. The van der Waals surface area contributed by atoms with Gasteiger partial charge in [0.25, 0.3) is 0 Å². The van der Waals surface area contributed by atoms with Crippen molar-refractivity contribution in [2.45, 2.75) is 13.0 Å². The van der Waals surface area contributed by atoms with Crippen LogP contribution in [0.5, 0.6) is 17.2 Å². The Kier molecular flexibility index (Phi) is 3.30. The van der Waals surface area contributed by atoms with Crippen molar-refractivity contribution < 1.29 is 33.7 Å². The van der Waals surface area contributed by atoms with Crippen molar-refractivity contribution in [2.24, 2.45) is 0 Å². The Morgan fingerprint density at radius 3 is 2.27 bits per heavy atom. The summed E-state index contributed by atoms with van der Waals surface area (Å²) >= 11 is 0. The molecule has 2 aromatic rings. The van der Waals surface area contributed by atoms with Crippen LogP contribution in [-0.4, -0.2) is 36.9 Å². The second-order valence-electron chi connectivity index (χ2n) is 6.07. The van der Waals surface area contributed by atoms with Gasteiger partial charge in [-0.25, -0.2) is 4.79 Å². The number of carbonyl (C=O) groups is 3. The Bertz CT molecular complexity index is 1020. The van der Waals surface area contributed by atoms with Gasteiger partial charge in [-0.05, 0) is 19.1 Å². The zero-order valence-corrected chi connectivity index (χ0v) is 14.2. The van der Waals surface area contributed by atoms with Crippen molar-refractivity contribution in [3.63, 3.8) is 0 Å². The molecule has 0 unspecified atom stereocenters. The van der Waals surface area contributed by atoms with E-state index >= 15 is 0 Å². The monoisotopic (exact) mass is 354 g/mol. The predicted molar refractivity (Wildman–Crippen MR) is 88.3 cm³/mol. The normalized spacial score (nSPS) is 17.3. The van der Waals surface area contributed by atoms with Crippen LogP contribution in [0, 0.1) is 0 Å². The first-order valence-electron chi connectivity index (χ1n) is 7.85. The molecule has 1 heterocycles. The average molecular weight is 354 g/mol. The van der Waals surface area contributed by atoms with E-state index in [1.807, 2.05) is 0 Å². The standard InChI is InChI=1S/C19H14O7/c1-7-9-6-11-14(18(22)15(9)19(23)26-7)17(21)13-10(16(11)20)4-8(24-2)5-12(13)25-3/h4-7,22H,1-3H3/t7-/m1/s1. The second-order valence-corrected chi connectivity index (χ2v) is 6.07. The van der Waals surface area contributed by atoms with Gasteiger partial charge in [0.05, 0.1) is 25.3 Å². The van der Waals surface area contributed by atoms with E-state index in [0.717, 1.165) is 0 Å². The molecule has 0 radical (unpaired) electrons. The molecule has 7 nitrogen and oxygen atoms in total. The van der Waals surface area contributed by atoms with Gasteiger partial charge in [0.1, 0.15) is 28.9 Å². The molecule has 1 aliphatic heterocycles. The Balaban J connectivity index is 2.05. The molecule has 1 N–H and O–H groups in total. The summed E-state index contributed by atoms with van der Waals surface area (Å²) < 4.78 is 15.5. The van der Waals surface area contributed by atoms with E-state index in [-0.39, 0.29) is 33.6 Å². The fourth-order valence-electron chi connectivity index (χ4n) is 3.47. The highest BCUT2D eigenvalue weighted by molar-refractivity contribution is 6.31. The van der Waals surface area contributed by atoms with E-state index in [4.69, 9.17) is 14.2 Å². The van der Waals surface area contributed by atoms with Crippen molar-refractivity contribution in [2.75, 3.05) is 14.2 Å². The van der Waals surface area contributed by atoms with Crippen molar-refractivity contribution in [1.82, 2.24) is 0 Å². The first-order valence-corrected chi connectivity index (χ1v) is 7.85. The summed E-state index contributed by atoms with van der Waals surface area (Å²) in [7, 11) is 2.80. The molecule has 4 rings (SSSR count). The molecular formula is C19H14O7. The summed E-state index contributed by atoms with van der Waals surface area (Å²) in [6.07, 6.45) is -0.613. The number of hydrogen-bond acceptors (Lipinski definition) is 7. The van der Waals surface area contributed by atoms with Crippen LogP contribution >= 0.6 is 0 Å². The lowest BCUT2D eigenvalue weighted by Crippen LogP contribution is -2.23. The second kappa shape index (κ2) is 5.32. The maximum atomic E-state index is 13.1. The minimum absolute atomic E-state index is 0.0270. The topological polar surface area (TPSA) is 99.1 Å². The van der Waals surface area contributed by atoms with Crippen LogP contribution in [-0.2, 0) is 4.74 Å². The van der Waals surface area contributed by atoms with Crippen molar-refractivity contribution >= 4 is 17.5 Å². The number of methoxy groups -OCH3 is 2. The third-order valence-corrected chi connectivity index (χ3v) is 4.73. The number of rotatable bonds is 2. The smallest absolute Gasteiger partial charge is 0.342 e. The number of phenolic OH excluding ortho intramolecular Hbond substituents is 1. The highest BCUT2D eigenvalue weighted by Crippen LogP contribution is 2.45. The van der Waals surface area contributed by atoms with Gasteiger partial charge in [-0.2, -0.15) is 0 Å². The fourth-order valence-corrected chi connectivity index (χ4v) is 3.47. The van der Waals surface area contributed by atoms with Gasteiger partial charge >= 0.3 is 5.97 Å². The Morgan fingerprint density at radius 2 is 1.62 bits per heavy atom. The van der Waals surface area contributed by atoms with Crippen LogP contribution in [0.1, 0.15) is 60.8 Å². The van der Waals surface area contributed by atoms with Crippen molar-refractivity contribution in [3.05, 3.63) is 51.6 Å². The summed E-state index contributed by atoms with van der Waals surface area (Å²) in [6.45, 7) is 1.63. The Morgan fingerprint density at radius 1 is 0.923 bits per heavy atom. The summed E-state index contributed by atoms with van der Waals surface area (Å²) in [5, 5.41) is 10.6. The molecule has 1 atom stereocenters. The van der Waals surface area contributed by atoms with Gasteiger partial charge < -0.3 is 19.3 Å². The van der Waals surface area contributed by atoms with Gasteiger partial charge in [0.2, 0.25) is 5.78 Å². The largest absolute Gasteiger partial charge is 0.506 e. The quantitative estimate of drug-likeness (QED) is 0.706. The zero-order valence-electron chi connectivity index (χ0n) is 14.2. The number of phenols is 1. The van der Waals surface area contributed by atoms with E-state index in [9.17, 15) is 19.5 Å². The first kappa shape index (κ1) is 16.1. The lowest BCUT2D eigenvalue weighted by Gasteiger charge is -2.22. The van der Waals surface area contributed by atoms with Crippen LogP contribution in [0.4, 0.5) is 0 Å². The van der Waals surface area contributed by atoms with Crippen LogP contribution in [0.25, 0.3) is 0 Å². The average Bonchev–Trinajstić information content (AvgIpc) is 2.92. The maximum absolute atomic E-state index is 13.1. The minimum Gasteiger partial charge on any atom is -0.506 e. The third-order valence-electron chi connectivity index (χ3n) is 4.73. The predicted octanol–water partition coefficient (Wildman–Crippen LogP) is 2.42. The fraction of sp³-hybridized carbons (Fsp3) is 0.211. The molecule has 0 aromatic heterocycles.